The fourth-order valence-corrected chi connectivity index (χ4v) is 2.14. The van der Waals surface area contributed by atoms with Crippen molar-refractivity contribution in [2.45, 2.75) is 40.0 Å². The molecule has 0 heterocycles. The van der Waals surface area contributed by atoms with Gasteiger partial charge in [0.05, 0.1) is 0 Å². The van der Waals surface area contributed by atoms with Crippen LogP contribution in [0.3, 0.4) is 0 Å². The van der Waals surface area contributed by atoms with Gasteiger partial charge in [-0.1, -0.05) is 38.2 Å². The Kier molecular flexibility index (Phi) is 6.03. The number of carbonyl (C=O) groups is 1. The van der Waals surface area contributed by atoms with Crippen molar-refractivity contribution in [2.24, 2.45) is 11.8 Å². The molecular formula is C15H25NO. The predicted octanol–water partition coefficient (Wildman–Crippen LogP) is 3.40. The molecule has 1 unspecified atom stereocenters. The van der Waals surface area contributed by atoms with Gasteiger partial charge in [0, 0.05) is 20.0 Å². The van der Waals surface area contributed by atoms with Crippen molar-refractivity contribution in [2.75, 3.05) is 13.1 Å². The van der Waals surface area contributed by atoms with E-state index in [-0.39, 0.29) is 5.91 Å². The van der Waals surface area contributed by atoms with E-state index in [1.165, 1.54) is 12.8 Å². The van der Waals surface area contributed by atoms with Gasteiger partial charge < -0.3 is 4.90 Å². The molecular weight excluding hydrogens is 210 g/mol. The summed E-state index contributed by atoms with van der Waals surface area (Å²) >= 11 is 0. The van der Waals surface area contributed by atoms with E-state index in [2.05, 4.69) is 38.2 Å². The SMILES string of the molecule is CC(=O)N(C/C=C\C1CC=CCC1)CC(C)C. The summed E-state index contributed by atoms with van der Waals surface area (Å²) in [6, 6.07) is 0. The van der Waals surface area contributed by atoms with Crippen molar-refractivity contribution in [1.82, 2.24) is 4.90 Å². The van der Waals surface area contributed by atoms with Crippen molar-refractivity contribution >= 4 is 5.91 Å². The van der Waals surface area contributed by atoms with E-state index in [1.54, 1.807) is 6.92 Å². The van der Waals surface area contributed by atoms with E-state index in [9.17, 15) is 4.79 Å². The maximum absolute atomic E-state index is 11.4. The Hall–Kier alpha value is -1.05. The first-order valence-corrected chi connectivity index (χ1v) is 6.66. The largest absolute Gasteiger partial charge is 0.339 e. The number of hydrogen-bond acceptors (Lipinski definition) is 1. The molecule has 0 aromatic rings. The molecule has 96 valence electrons. The van der Waals surface area contributed by atoms with Crippen LogP contribution in [0.5, 0.6) is 0 Å². The summed E-state index contributed by atoms with van der Waals surface area (Å²) in [6.45, 7) is 7.55. The average molecular weight is 235 g/mol. The standard InChI is InChI=1S/C15H25NO/c1-13(2)12-16(14(3)17)11-7-10-15-8-5-4-6-9-15/h4-5,7,10,13,15H,6,8-9,11-12H2,1-3H3/b10-7-. The summed E-state index contributed by atoms with van der Waals surface area (Å²) in [5, 5.41) is 0. The van der Waals surface area contributed by atoms with Gasteiger partial charge in [0.1, 0.15) is 0 Å². The molecule has 0 saturated heterocycles. The van der Waals surface area contributed by atoms with Crippen LogP contribution in [0.2, 0.25) is 0 Å². The third-order valence-corrected chi connectivity index (χ3v) is 3.07. The highest BCUT2D eigenvalue weighted by molar-refractivity contribution is 5.73. The molecule has 0 N–H and O–H groups in total. The van der Waals surface area contributed by atoms with E-state index in [0.29, 0.717) is 11.8 Å². The molecule has 2 nitrogen and oxygen atoms in total. The molecule has 1 amide bonds. The van der Waals surface area contributed by atoms with Crippen LogP contribution < -0.4 is 0 Å². The number of rotatable bonds is 5. The lowest BCUT2D eigenvalue weighted by Crippen LogP contribution is -2.32. The first-order chi connectivity index (χ1) is 8.09. The van der Waals surface area contributed by atoms with Gasteiger partial charge in [-0.2, -0.15) is 0 Å². The molecule has 1 atom stereocenters. The third kappa shape index (κ3) is 5.71. The summed E-state index contributed by atoms with van der Waals surface area (Å²) in [5.74, 6) is 1.38. The molecule has 0 radical (unpaired) electrons. The van der Waals surface area contributed by atoms with Crippen LogP contribution in [-0.4, -0.2) is 23.9 Å². The van der Waals surface area contributed by atoms with Gasteiger partial charge in [0.25, 0.3) is 0 Å². The van der Waals surface area contributed by atoms with Crippen molar-refractivity contribution < 1.29 is 4.79 Å². The molecule has 2 heteroatoms. The number of hydrogen-bond donors (Lipinski definition) is 0. The number of nitrogens with zero attached hydrogens (tertiary/aromatic N) is 1. The van der Waals surface area contributed by atoms with Crippen molar-refractivity contribution in [3.8, 4) is 0 Å². The molecule has 0 aliphatic heterocycles. The molecule has 0 fully saturated rings. The fraction of sp³-hybridized carbons (Fsp3) is 0.667. The highest BCUT2D eigenvalue weighted by Crippen LogP contribution is 2.19. The minimum absolute atomic E-state index is 0.173. The quantitative estimate of drug-likeness (QED) is 0.669. The maximum atomic E-state index is 11.4. The van der Waals surface area contributed by atoms with Crippen LogP contribution in [0, 0.1) is 11.8 Å². The Morgan fingerprint density at radius 1 is 1.47 bits per heavy atom. The zero-order valence-electron chi connectivity index (χ0n) is 11.4. The number of allylic oxidation sites excluding steroid dienone is 3. The zero-order valence-corrected chi connectivity index (χ0v) is 11.4. The third-order valence-electron chi connectivity index (χ3n) is 3.07. The molecule has 1 aliphatic carbocycles. The second-order valence-corrected chi connectivity index (χ2v) is 5.29. The van der Waals surface area contributed by atoms with E-state index in [1.807, 2.05) is 4.90 Å². The normalized spacial score (nSPS) is 20.1. The Bertz CT molecular complexity index is 291. The van der Waals surface area contributed by atoms with Crippen molar-refractivity contribution in [3.05, 3.63) is 24.3 Å². The first-order valence-electron chi connectivity index (χ1n) is 6.66. The topological polar surface area (TPSA) is 20.3 Å². The van der Waals surface area contributed by atoms with Gasteiger partial charge in [0.15, 0.2) is 0 Å². The smallest absolute Gasteiger partial charge is 0.219 e. The molecule has 0 spiro atoms. The maximum Gasteiger partial charge on any atom is 0.219 e. The second-order valence-electron chi connectivity index (χ2n) is 5.29. The summed E-state index contributed by atoms with van der Waals surface area (Å²) in [4.78, 5) is 13.4. The van der Waals surface area contributed by atoms with Gasteiger partial charge in [-0.05, 0) is 31.1 Å². The highest BCUT2D eigenvalue weighted by Gasteiger charge is 2.09. The van der Waals surface area contributed by atoms with Crippen molar-refractivity contribution in [1.29, 1.82) is 0 Å². The minimum atomic E-state index is 0.173. The summed E-state index contributed by atoms with van der Waals surface area (Å²) < 4.78 is 0. The lowest BCUT2D eigenvalue weighted by Gasteiger charge is -2.22. The van der Waals surface area contributed by atoms with E-state index in [0.717, 1.165) is 19.5 Å². The van der Waals surface area contributed by atoms with E-state index >= 15 is 0 Å². The minimum Gasteiger partial charge on any atom is -0.339 e. The summed E-state index contributed by atoms with van der Waals surface area (Å²) in [7, 11) is 0. The van der Waals surface area contributed by atoms with Gasteiger partial charge in [-0.3, -0.25) is 4.79 Å². The van der Waals surface area contributed by atoms with Crippen LogP contribution in [0.4, 0.5) is 0 Å². The Morgan fingerprint density at radius 3 is 2.76 bits per heavy atom. The predicted molar refractivity (Wildman–Crippen MR) is 72.7 cm³/mol. The molecule has 17 heavy (non-hydrogen) atoms. The molecule has 0 aromatic carbocycles. The van der Waals surface area contributed by atoms with Crippen LogP contribution >= 0.6 is 0 Å². The molecule has 1 rings (SSSR count). The molecule has 0 bridgehead atoms. The Balaban J connectivity index is 2.37. The van der Waals surface area contributed by atoms with Crippen LogP contribution in [0.25, 0.3) is 0 Å². The zero-order chi connectivity index (χ0) is 12.7. The second kappa shape index (κ2) is 7.31. The average Bonchev–Trinajstić information content (AvgIpc) is 2.28. The Labute approximate surface area is 105 Å². The van der Waals surface area contributed by atoms with Gasteiger partial charge >= 0.3 is 0 Å². The van der Waals surface area contributed by atoms with Gasteiger partial charge in [-0.15, -0.1) is 0 Å². The fourth-order valence-electron chi connectivity index (χ4n) is 2.14. The monoisotopic (exact) mass is 235 g/mol. The van der Waals surface area contributed by atoms with Gasteiger partial charge in [-0.25, -0.2) is 0 Å². The summed E-state index contributed by atoms with van der Waals surface area (Å²) in [5.41, 5.74) is 0. The van der Waals surface area contributed by atoms with Crippen molar-refractivity contribution in [3.63, 3.8) is 0 Å². The highest BCUT2D eigenvalue weighted by atomic mass is 16.2. The number of carbonyl (C=O) groups excluding carboxylic acids is 1. The Morgan fingerprint density at radius 2 is 2.24 bits per heavy atom. The van der Waals surface area contributed by atoms with E-state index < -0.39 is 0 Å². The summed E-state index contributed by atoms with van der Waals surface area (Å²) in [6.07, 6.45) is 12.5. The molecule has 1 aliphatic rings. The molecule has 0 saturated carbocycles. The van der Waals surface area contributed by atoms with Crippen LogP contribution in [-0.2, 0) is 4.79 Å². The van der Waals surface area contributed by atoms with Gasteiger partial charge in [0.2, 0.25) is 5.91 Å². The lowest BCUT2D eigenvalue weighted by molar-refractivity contribution is -0.128. The van der Waals surface area contributed by atoms with Crippen LogP contribution in [0.1, 0.15) is 40.0 Å². The lowest BCUT2D eigenvalue weighted by atomic mass is 9.94. The van der Waals surface area contributed by atoms with E-state index in [4.69, 9.17) is 0 Å². The molecule has 0 aromatic heterocycles. The first kappa shape index (κ1) is 14.0. The van der Waals surface area contributed by atoms with Crippen LogP contribution in [0.15, 0.2) is 24.3 Å². The number of amides is 1.